The number of fused-ring (bicyclic) bond motifs is 3. The third kappa shape index (κ3) is 4.73. The number of anilines is 2. The number of pyridine rings is 2. The molecule has 0 bridgehead atoms. The summed E-state index contributed by atoms with van der Waals surface area (Å²) in [6, 6.07) is 15.1. The molecule has 3 fully saturated rings. The summed E-state index contributed by atoms with van der Waals surface area (Å²) in [6.07, 6.45) is 6.54. The van der Waals surface area contributed by atoms with Crippen molar-refractivity contribution < 1.29 is 9.47 Å². The molecule has 2 aromatic heterocycles. The average molecular weight is 525 g/mol. The van der Waals surface area contributed by atoms with Crippen LogP contribution in [-0.2, 0) is 22.4 Å². The molecule has 7 rings (SSSR count). The van der Waals surface area contributed by atoms with Gasteiger partial charge in [0.15, 0.2) is 0 Å². The Morgan fingerprint density at radius 3 is 3.03 bits per heavy atom. The van der Waals surface area contributed by atoms with Crippen LogP contribution in [-0.4, -0.2) is 67.1 Å². The minimum Gasteiger partial charge on any atom is -0.374 e. The first-order valence-electron chi connectivity index (χ1n) is 14.4. The molecule has 8 heteroatoms. The van der Waals surface area contributed by atoms with Gasteiger partial charge in [-0.05, 0) is 68.0 Å². The summed E-state index contributed by atoms with van der Waals surface area (Å²) in [7, 11) is 0. The second-order valence-electron chi connectivity index (χ2n) is 11.6. The first-order valence-corrected chi connectivity index (χ1v) is 14.4. The number of nitriles is 1. The standard InChI is InChI=1S/C31H36N6O2/c1-20-18-36(27-6-4-22(16-32)31-25(27)3-2-9-34-31)19-24(39-20)13-21-14-28-29(15-21)38-12-11-37(28)30-7-5-23-17-33-10-8-26(23)35-30/h2-7,9,20-21,24,28-29,33H,8,10-15,17-19H2,1H3/t20-,21?,24+,28+,29-/m1/s1. The van der Waals surface area contributed by atoms with E-state index < -0.39 is 0 Å². The van der Waals surface area contributed by atoms with Crippen molar-refractivity contribution in [3.05, 3.63) is 59.4 Å². The zero-order chi connectivity index (χ0) is 26.3. The Hall–Kier alpha value is -3.25. The SMILES string of the molecule is C[C@@H]1CN(c2ccc(C#N)c3ncccc23)C[C@H](CC2C[C@H]3OCCN(c4ccc5c(n4)CCNC5)[C@H]3C2)O1. The van der Waals surface area contributed by atoms with Crippen LogP contribution in [0.3, 0.4) is 0 Å². The van der Waals surface area contributed by atoms with Crippen molar-refractivity contribution in [1.82, 2.24) is 15.3 Å². The van der Waals surface area contributed by atoms with Gasteiger partial charge >= 0.3 is 0 Å². The van der Waals surface area contributed by atoms with Gasteiger partial charge in [0.2, 0.25) is 0 Å². The minimum absolute atomic E-state index is 0.136. The van der Waals surface area contributed by atoms with Crippen molar-refractivity contribution in [2.75, 3.05) is 42.6 Å². The molecule has 2 saturated heterocycles. The van der Waals surface area contributed by atoms with E-state index >= 15 is 0 Å². The molecule has 4 aliphatic rings. The van der Waals surface area contributed by atoms with E-state index in [1.54, 1.807) is 6.20 Å². The summed E-state index contributed by atoms with van der Waals surface area (Å²) >= 11 is 0. The Labute approximate surface area is 229 Å². The van der Waals surface area contributed by atoms with Crippen LogP contribution in [0, 0.1) is 17.2 Å². The number of nitrogens with one attached hydrogen (secondary N) is 1. The van der Waals surface area contributed by atoms with Gasteiger partial charge in [-0.1, -0.05) is 6.07 Å². The quantitative estimate of drug-likeness (QED) is 0.552. The maximum absolute atomic E-state index is 9.57. The van der Waals surface area contributed by atoms with Gasteiger partial charge in [-0.3, -0.25) is 4.98 Å². The molecule has 202 valence electrons. The number of hydrogen-bond donors (Lipinski definition) is 1. The van der Waals surface area contributed by atoms with E-state index in [4.69, 9.17) is 14.5 Å². The topological polar surface area (TPSA) is 86.5 Å². The van der Waals surface area contributed by atoms with Crippen molar-refractivity contribution in [1.29, 1.82) is 5.26 Å². The highest BCUT2D eigenvalue weighted by Gasteiger charge is 2.43. The Kier molecular flexibility index (Phi) is 6.59. The van der Waals surface area contributed by atoms with Crippen LogP contribution in [0.2, 0.25) is 0 Å². The van der Waals surface area contributed by atoms with E-state index in [0.717, 1.165) is 87.4 Å². The summed E-state index contributed by atoms with van der Waals surface area (Å²) in [5.41, 5.74) is 5.12. The molecule has 1 unspecified atom stereocenters. The summed E-state index contributed by atoms with van der Waals surface area (Å²) in [5.74, 6) is 1.67. The number of ether oxygens (including phenoxy) is 2. The summed E-state index contributed by atoms with van der Waals surface area (Å²) in [4.78, 5) is 14.6. The molecule has 1 aromatic carbocycles. The van der Waals surface area contributed by atoms with Crippen LogP contribution in [0.25, 0.3) is 10.9 Å². The summed E-state index contributed by atoms with van der Waals surface area (Å²) in [6.45, 7) is 7.44. The van der Waals surface area contributed by atoms with E-state index in [2.05, 4.69) is 57.4 Å². The maximum atomic E-state index is 9.57. The lowest BCUT2D eigenvalue weighted by atomic mass is 9.97. The number of hydrogen-bond acceptors (Lipinski definition) is 8. The fourth-order valence-electron chi connectivity index (χ4n) is 7.28. The van der Waals surface area contributed by atoms with Crippen molar-refractivity contribution in [2.24, 2.45) is 5.92 Å². The first-order chi connectivity index (χ1) is 19.2. The van der Waals surface area contributed by atoms with Crippen LogP contribution in [0.5, 0.6) is 0 Å². The van der Waals surface area contributed by atoms with E-state index in [-0.39, 0.29) is 18.3 Å². The molecular formula is C31H36N6O2. The van der Waals surface area contributed by atoms with Crippen LogP contribution in [0.4, 0.5) is 11.5 Å². The lowest BCUT2D eigenvalue weighted by Crippen LogP contribution is -2.49. The smallest absolute Gasteiger partial charge is 0.129 e. The molecule has 0 radical (unpaired) electrons. The van der Waals surface area contributed by atoms with E-state index in [9.17, 15) is 5.26 Å². The molecule has 5 heterocycles. The molecule has 1 N–H and O–H groups in total. The molecule has 0 spiro atoms. The zero-order valence-corrected chi connectivity index (χ0v) is 22.6. The van der Waals surface area contributed by atoms with Crippen molar-refractivity contribution >= 4 is 22.4 Å². The van der Waals surface area contributed by atoms with Gasteiger partial charge in [0.1, 0.15) is 11.9 Å². The monoisotopic (exact) mass is 524 g/mol. The molecule has 1 aliphatic carbocycles. The van der Waals surface area contributed by atoms with E-state index in [1.807, 2.05) is 12.1 Å². The van der Waals surface area contributed by atoms with E-state index in [1.165, 1.54) is 11.3 Å². The summed E-state index contributed by atoms with van der Waals surface area (Å²) in [5, 5.41) is 14.1. The highest BCUT2D eigenvalue weighted by Crippen LogP contribution is 2.40. The second kappa shape index (κ2) is 10.4. The summed E-state index contributed by atoms with van der Waals surface area (Å²) < 4.78 is 12.8. The molecule has 3 aromatic rings. The molecule has 39 heavy (non-hydrogen) atoms. The van der Waals surface area contributed by atoms with Gasteiger partial charge in [0.05, 0.1) is 42.0 Å². The van der Waals surface area contributed by atoms with Crippen molar-refractivity contribution in [2.45, 2.75) is 63.5 Å². The Morgan fingerprint density at radius 2 is 2.10 bits per heavy atom. The van der Waals surface area contributed by atoms with Gasteiger partial charge in [0.25, 0.3) is 0 Å². The number of aromatic nitrogens is 2. The normalized spacial score (nSPS) is 28.7. The van der Waals surface area contributed by atoms with Gasteiger partial charge < -0.3 is 24.6 Å². The number of rotatable bonds is 4. The Bertz CT molecular complexity index is 1410. The fraction of sp³-hybridized carbons (Fsp3) is 0.516. The predicted molar refractivity (Wildman–Crippen MR) is 151 cm³/mol. The fourth-order valence-corrected chi connectivity index (χ4v) is 7.28. The van der Waals surface area contributed by atoms with Crippen molar-refractivity contribution in [3.8, 4) is 6.07 Å². The van der Waals surface area contributed by atoms with Crippen LogP contribution >= 0.6 is 0 Å². The number of benzene rings is 1. The second-order valence-corrected chi connectivity index (χ2v) is 11.6. The maximum Gasteiger partial charge on any atom is 0.129 e. The minimum atomic E-state index is 0.136. The van der Waals surface area contributed by atoms with Crippen LogP contribution < -0.4 is 15.1 Å². The third-order valence-corrected chi connectivity index (χ3v) is 8.97. The van der Waals surface area contributed by atoms with Crippen LogP contribution in [0.1, 0.15) is 43.0 Å². The van der Waals surface area contributed by atoms with Gasteiger partial charge in [0, 0.05) is 62.1 Å². The van der Waals surface area contributed by atoms with Crippen LogP contribution in [0.15, 0.2) is 42.6 Å². The number of nitrogens with zero attached hydrogens (tertiary/aromatic N) is 5. The first kappa shape index (κ1) is 24.8. The van der Waals surface area contributed by atoms with Gasteiger partial charge in [-0.2, -0.15) is 5.26 Å². The average Bonchev–Trinajstić information content (AvgIpc) is 3.38. The molecule has 3 aliphatic heterocycles. The van der Waals surface area contributed by atoms with Crippen molar-refractivity contribution in [3.63, 3.8) is 0 Å². The highest BCUT2D eigenvalue weighted by molar-refractivity contribution is 5.95. The van der Waals surface area contributed by atoms with Gasteiger partial charge in [-0.25, -0.2) is 4.98 Å². The van der Waals surface area contributed by atoms with E-state index in [0.29, 0.717) is 17.5 Å². The zero-order valence-electron chi connectivity index (χ0n) is 22.6. The predicted octanol–water partition coefficient (Wildman–Crippen LogP) is 3.81. The highest BCUT2D eigenvalue weighted by atomic mass is 16.5. The molecule has 1 saturated carbocycles. The molecular weight excluding hydrogens is 488 g/mol. The molecule has 0 amide bonds. The van der Waals surface area contributed by atoms with Gasteiger partial charge in [-0.15, -0.1) is 0 Å². The molecule has 5 atom stereocenters. The Balaban J connectivity index is 1.07. The third-order valence-electron chi connectivity index (χ3n) is 8.97. The Morgan fingerprint density at radius 1 is 1.15 bits per heavy atom. The lowest BCUT2D eigenvalue weighted by molar-refractivity contribution is -0.0285. The number of morpholine rings is 2. The largest absolute Gasteiger partial charge is 0.374 e. The lowest BCUT2D eigenvalue weighted by Gasteiger charge is -2.39. The molecule has 8 nitrogen and oxygen atoms in total.